The lowest BCUT2D eigenvalue weighted by atomic mass is 10.1. The van der Waals surface area contributed by atoms with Gasteiger partial charge in [0.25, 0.3) is 11.8 Å². The summed E-state index contributed by atoms with van der Waals surface area (Å²) < 4.78 is 13.2. The standard InChI is InChI=1S/C31H33FN4O2S/c1-22-6-3-4-7-23(22)21-29-31(38)34(2)27-20-24(8-13-28(27)39-29)30(37)33-14-5-15-35-16-18-36(19-17-35)26-11-9-25(32)10-12-26/h3-4,6-13,20-21H,5,14-19H2,1-2H3,(H,33,37)/b29-21-. The minimum atomic E-state index is -0.214. The van der Waals surface area contributed by atoms with Crippen molar-refractivity contribution in [2.45, 2.75) is 18.2 Å². The maximum absolute atomic E-state index is 13.2. The van der Waals surface area contributed by atoms with E-state index >= 15 is 0 Å². The van der Waals surface area contributed by atoms with Gasteiger partial charge < -0.3 is 15.1 Å². The Hall–Kier alpha value is -3.62. The number of piperazine rings is 1. The second-order valence-electron chi connectivity index (χ2n) is 9.93. The molecule has 0 saturated carbocycles. The van der Waals surface area contributed by atoms with E-state index in [4.69, 9.17) is 0 Å². The number of amides is 2. The van der Waals surface area contributed by atoms with E-state index in [-0.39, 0.29) is 17.6 Å². The van der Waals surface area contributed by atoms with Crippen molar-refractivity contribution in [3.8, 4) is 0 Å². The predicted molar refractivity (Wildman–Crippen MR) is 157 cm³/mol. The molecule has 8 heteroatoms. The largest absolute Gasteiger partial charge is 0.369 e. The molecule has 202 valence electrons. The molecule has 2 amide bonds. The van der Waals surface area contributed by atoms with E-state index < -0.39 is 0 Å². The molecule has 2 heterocycles. The number of fused-ring (bicyclic) bond motifs is 1. The first kappa shape index (κ1) is 27.0. The zero-order valence-electron chi connectivity index (χ0n) is 22.3. The zero-order valence-corrected chi connectivity index (χ0v) is 23.1. The van der Waals surface area contributed by atoms with Gasteiger partial charge in [-0.05, 0) is 79.6 Å². The number of aryl methyl sites for hydroxylation is 1. The van der Waals surface area contributed by atoms with Gasteiger partial charge in [0.1, 0.15) is 5.82 Å². The average molecular weight is 545 g/mol. The van der Waals surface area contributed by atoms with Crippen LogP contribution in [-0.2, 0) is 4.79 Å². The summed E-state index contributed by atoms with van der Waals surface area (Å²) in [6.45, 7) is 7.21. The molecule has 0 radical (unpaired) electrons. The fourth-order valence-corrected chi connectivity index (χ4v) is 6.00. The Labute approximate surface area is 233 Å². The van der Waals surface area contributed by atoms with Crippen LogP contribution in [-0.4, -0.2) is 63.0 Å². The van der Waals surface area contributed by atoms with Gasteiger partial charge in [-0.1, -0.05) is 36.0 Å². The first-order chi connectivity index (χ1) is 18.9. The second kappa shape index (κ2) is 12.1. The minimum Gasteiger partial charge on any atom is -0.369 e. The molecule has 1 saturated heterocycles. The maximum Gasteiger partial charge on any atom is 0.264 e. The van der Waals surface area contributed by atoms with Crippen LogP contribution in [0.4, 0.5) is 15.8 Å². The normalized spacial score (nSPS) is 16.9. The summed E-state index contributed by atoms with van der Waals surface area (Å²) in [5.74, 6) is -0.423. The molecule has 2 aliphatic rings. The fraction of sp³-hybridized carbons (Fsp3) is 0.290. The Kier molecular flexibility index (Phi) is 8.33. The third-order valence-corrected chi connectivity index (χ3v) is 8.37. The van der Waals surface area contributed by atoms with Gasteiger partial charge in [0.15, 0.2) is 0 Å². The predicted octanol–water partition coefficient (Wildman–Crippen LogP) is 5.19. The number of halogens is 1. The minimum absolute atomic E-state index is 0.0761. The number of likely N-dealkylation sites (N-methyl/N-ethyl adjacent to an activating group) is 1. The zero-order chi connectivity index (χ0) is 27.4. The Bertz CT molecular complexity index is 1380. The Balaban J connectivity index is 1.11. The van der Waals surface area contributed by atoms with E-state index in [0.29, 0.717) is 17.0 Å². The molecule has 39 heavy (non-hydrogen) atoms. The van der Waals surface area contributed by atoms with Gasteiger partial charge in [-0.25, -0.2) is 4.39 Å². The Morgan fingerprint density at radius 1 is 1.03 bits per heavy atom. The van der Waals surface area contributed by atoms with Crippen molar-refractivity contribution in [3.05, 3.63) is 94.1 Å². The van der Waals surface area contributed by atoms with E-state index in [1.807, 2.05) is 61.5 Å². The van der Waals surface area contributed by atoms with Crippen LogP contribution in [0.5, 0.6) is 0 Å². The molecule has 0 aliphatic carbocycles. The third-order valence-electron chi connectivity index (χ3n) is 7.29. The number of carbonyl (C=O) groups is 2. The molecule has 0 aromatic heterocycles. The third kappa shape index (κ3) is 6.34. The smallest absolute Gasteiger partial charge is 0.264 e. The molecule has 2 aliphatic heterocycles. The lowest BCUT2D eigenvalue weighted by Gasteiger charge is -2.36. The monoisotopic (exact) mass is 544 g/mol. The van der Waals surface area contributed by atoms with Gasteiger partial charge in [-0.3, -0.25) is 14.5 Å². The summed E-state index contributed by atoms with van der Waals surface area (Å²) in [6, 6.07) is 20.2. The number of hydrogen-bond acceptors (Lipinski definition) is 5. The fourth-order valence-electron chi connectivity index (χ4n) is 4.91. The molecule has 0 unspecified atom stereocenters. The quantitative estimate of drug-likeness (QED) is 0.328. The van der Waals surface area contributed by atoms with E-state index in [0.717, 1.165) is 66.5 Å². The van der Waals surface area contributed by atoms with Crippen LogP contribution in [0, 0.1) is 12.7 Å². The van der Waals surface area contributed by atoms with Crippen LogP contribution in [0.15, 0.2) is 76.5 Å². The van der Waals surface area contributed by atoms with Crippen LogP contribution in [0.25, 0.3) is 6.08 Å². The SMILES string of the molecule is Cc1ccccc1/C=C1\Sc2ccc(C(=O)NCCCN3CCN(c4ccc(F)cc4)CC3)cc2N(C)C1=O. The number of nitrogens with one attached hydrogen (secondary N) is 1. The molecule has 1 N–H and O–H groups in total. The van der Waals surface area contributed by atoms with Crippen LogP contribution in [0.3, 0.4) is 0 Å². The van der Waals surface area contributed by atoms with Crippen LogP contribution in [0.2, 0.25) is 0 Å². The first-order valence-electron chi connectivity index (χ1n) is 13.3. The summed E-state index contributed by atoms with van der Waals surface area (Å²) >= 11 is 1.44. The Morgan fingerprint density at radius 2 is 1.77 bits per heavy atom. The number of anilines is 2. The van der Waals surface area contributed by atoms with E-state index in [1.165, 1.54) is 23.9 Å². The van der Waals surface area contributed by atoms with Crippen molar-refractivity contribution < 1.29 is 14.0 Å². The van der Waals surface area contributed by atoms with Crippen LogP contribution >= 0.6 is 11.8 Å². The highest BCUT2D eigenvalue weighted by molar-refractivity contribution is 8.04. The molecular formula is C31H33FN4O2S. The number of rotatable bonds is 7. The molecular weight excluding hydrogens is 511 g/mol. The van der Waals surface area contributed by atoms with E-state index in [1.54, 1.807) is 18.0 Å². The van der Waals surface area contributed by atoms with Crippen LogP contribution < -0.4 is 15.1 Å². The van der Waals surface area contributed by atoms with Gasteiger partial charge in [0.2, 0.25) is 0 Å². The molecule has 1 fully saturated rings. The van der Waals surface area contributed by atoms with Gasteiger partial charge in [-0.15, -0.1) is 0 Å². The van der Waals surface area contributed by atoms with E-state index in [2.05, 4.69) is 15.1 Å². The maximum atomic E-state index is 13.2. The number of nitrogens with zero attached hydrogens (tertiary/aromatic N) is 3. The Morgan fingerprint density at radius 3 is 2.51 bits per heavy atom. The number of thioether (sulfide) groups is 1. The summed E-state index contributed by atoms with van der Waals surface area (Å²) in [5.41, 5.74) is 4.49. The molecule has 5 rings (SSSR count). The topological polar surface area (TPSA) is 55.9 Å². The first-order valence-corrected chi connectivity index (χ1v) is 14.1. The van der Waals surface area contributed by atoms with Gasteiger partial charge in [0, 0.05) is 55.9 Å². The second-order valence-corrected chi connectivity index (χ2v) is 11.0. The summed E-state index contributed by atoms with van der Waals surface area (Å²) in [7, 11) is 1.75. The highest BCUT2D eigenvalue weighted by Crippen LogP contribution is 2.42. The molecule has 0 atom stereocenters. The van der Waals surface area contributed by atoms with Crippen molar-refractivity contribution in [1.29, 1.82) is 0 Å². The number of carbonyl (C=O) groups excluding carboxylic acids is 2. The molecule has 0 bridgehead atoms. The lowest BCUT2D eigenvalue weighted by Crippen LogP contribution is -2.47. The molecule has 0 spiro atoms. The van der Waals surface area contributed by atoms with Gasteiger partial charge in [0.05, 0.1) is 10.6 Å². The van der Waals surface area contributed by atoms with Crippen LogP contribution in [0.1, 0.15) is 27.9 Å². The summed E-state index contributed by atoms with van der Waals surface area (Å²) in [5, 5.41) is 3.03. The van der Waals surface area contributed by atoms with Crippen molar-refractivity contribution in [3.63, 3.8) is 0 Å². The number of hydrogen-bond donors (Lipinski definition) is 1. The van der Waals surface area contributed by atoms with Gasteiger partial charge >= 0.3 is 0 Å². The van der Waals surface area contributed by atoms with Gasteiger partial charge in [-0.2, -0.15) is 0 Å². The van der Waals surface area contributed by atoms with Crippen molar-refractivity contribution in [1.82, 2.24) is 10.2 Å². The highest BCUT2D eigenvalue weighted by Gasteiger charge is 2.27. The average Bonchev–Trinajstić information content (AvgIpc) is 2.95. The molecule has 6 nitrogen and oxygen atoms in total. The number of benzene rings is 3. The van der Waals surface area contributed by atoms with Crippen molar-refractivity contribution in [2.75, 3.05) is 56.1 Å². The summed E-state index contributed by atoms with van der Waals surface area (Å²) in [4.78, 5) is 33.8. The highest BCUT2D eigenvalue weighted by atomic mass is 32.2. The van der Waals surface area contributed by atoms with E-state index in [9.17, 15) is 14.0 Å². The van der Waals surface area contributed by atoms with Crippen molar-refractivity contribution in [2.24, 2.45) is 0 Å². The summed E-state index contributed by atoms with van der Waals surface area (Å²) in [6.07, 6.45) is 2.79. The lowest BCUT2D eigenvalue weighted by molar-refractivity contribution is -0.114. The van der Waals surface area contributed by atoms with Crippen molar-refractivity contribution >= 4 is 41.0 Å². The molecule has 3 aromatic carbocycles. The molecule has 3 aromatic rings.